The molecule has 25 heavy (non-hydrogen) atoms. The van der Waals surface area contributed by atoms with Crippen LogP contribution in [0.1, 0.15) is 5.82 Å². The normalized spacial score (nSPS) is 11.0. The maximum absolute atomic E-state index is 14.0. The summed E-state index contributed by atoms with van der Waals surface area (Å²) in [5.74, 6) is 1.62. The first-order chi connectivity index (χ1) is 12.2. The number of hydrogen-bond donors (Lipinski definition) is 2. The van der Waals surface area contributed by atoms with Crippen LogP contribution >= 0.6 is 0 Å². The number of ether oxygens (including phenoxy) is 1. The Kier molecular flexibility index (Phi) is 3.53. The molecule has 9 heteroatoms. The highest BCUT2D eigenvalue weighted by atomic mass is 19.1. The second-order valence-electron chi connectivity index (χ2n) is 5.31. The molecule has 0 unspecified atom stereocenters. The van der Waals surface area contributed by atoms with Gasteiger partial charge in [-0.15, -0.1) is 0 Å². The van der Waals surface area contributed by atoms with Gasteiger partial charge in [0.1, 0.15) is 23.2 Å². The summed E-state index contributed by atoms with van der Waals surface area (Å²) in [7, 11) is 1.47. The van der Waals surface area contributed by atoms with E-state index in [4.69, 9.17) is 4.74 Å². The number of fused-ring (bicyclic) bond motifs is 1. The highest BCUT2D eigenvalue weighted by Crippen LogP contribution is 2.33. The van der Waals surface area contributed by atoms with E-state index in [1.54, 1.807) is 35.9 Å². The molecule has 2 N–H and O–H groups in total. The van der Waals surface area contributed by atoms with Crippen LogP contribution in [0.25, 0.3) is 17.0 Å². The number of aryl methyl sites for hydroxylation is 1. The van der Waals surface area contributed by atoms with E-state index in [9.17, 15) is 4.39 Å². The van der Waals surface area contributed by atoms with Crippen LogP contribution in [0.2, 0.25) is 0 Å². The third-order valence-corrected chi connectivity index (χ3v) is 3.65. The summed E-state index contributed by atoms with van der Waals surface area (Å²) in [6.45, 7) is 1.79. The van der Waals surface area contributed by atoms with Crippen molar-refractivity contribution in [1.29, 1.82) is 0 Å². The summed E-state index contributed by atoms with van der Waals surface area (Å²) in [4.78, 5) is 13.1. The van der Waals surface area contributed by atoms with Crippen molar-refractivity contribution in [1.82, 2.24) is 29.5 Å². The number of rotatable bonds is 4. The third kappa shape index (κ3) is 2.65. The summed E-state index contributed by atoms with van der Waals surface area (Å²) >= 11 is 0. The number of aromatic amines is 1. The SMILES string of the molecule is COc1cc(F)cn2c(-c3ccnc(C)n3)c(Nc3ccn[nH]3)nc12. The van der Waals surface area contributed by atoms with Crippen molar-refractivity contribution in [3.8, 4) is 17.1 Å². The van der Waals surface area contributed by atoms with Gasteiger partial charge >= 0.3 is 0 Å². The topological polar surface area (TPSA) is 93.0 Å². The van der Waals surface area contributed by atoms with Crippen LogP contribution in [0.5, 0.6) is 5.75 Å². The maximum atomic E-state index is 14.0. The lowest BCUT2D eigenvalue weighted by Gasteiger charge is -2.07. The van der Waals surface area contributed by atoms with Crippen LogP contribution in [0.15, 0.2) is 36.8 Å². The van der Waals surface area contributed by atoms with Crippen molar-refractivity contribution in [3.05, 3.63) is 48.4 Å². The van der Waals surface area contributed by atoms with Gasteiger partial charge in [-0.05, 0) is 13.0 Å². The molecule has 0 spiro atoms. The fourth-order valence-corrected chi connectivity index (χ4v) is 2.61. The zero-order chi connectivity index (χ0) is 17.4. The molecule has 0 saturated heterocycles. The fraction of sp³-hybridized carbons (Fsp3) is 0.125. The summed E-state index contributed by atoms with van der Waals surface area (Å²) in [6.07, 6.45) is 4.61. The number of H-pyrrole nitrogens is 1. The maximum Gasteiger partial charge on any atom is 0.182 e. The lowest BCUT2D eigenvalue weighted by molar-refractivity contribution is 0.413. The van der Waals surface area contributed by atoms with Crippen LogP contribution in [0.4, 0.5) is 16.0 Å². The van der Waals surface area contributed by atoms with Crippen LogP contribution in [0, 0.1) is 12.7 Å². The number of hydrogen-bond acceptors (Lipinski definition) is 6. The molecular formula is C16H14FN7O. The number of imidazole rings is 1. The van der Waals surface area contributed by atoms with Crippen LogP contribution in [0.3, 0.4) is 0 Å². The molecule has 0 aromatic carbocycles. The summed E-state index contributed by atoms with van der Waals surface area (Å²) in [5, 5.41) is 9.86. The highest BCUT2D eigenvalue weighted by Gasteiger charge is 2.20. The van der Waals surface area contributed by atoms with Crippen molar-refractivity contribution < 1.29 is 9.13 Å². The van der Waals surface area contributed by atoms with E-state index in [-0.39, 0.29) is 0 Å². The number of nitrogens with one attached hydrogen (secondary N) is 2. The quantitative estimate of drug-likeness (QED) is 0.594. The van der Waals surface area contributed by atoms with Crippen molar-refractivity contribution in [2.75, 3.05) is 12.4 Å². The molecule has 126 valence electrons. The predicted molar refractivity (Wildman–Crippen MR) is 89.3 cm³/mol. The average Bonchev–Trinajstić information content (AvgIpc) is 3.22. The van der Waals surface area contributed by atoms with E-state index in [0.717, 1.165) is 0 Å². The van der Waals surface area contributed by atoms with Crippen LogP contribution in [-0.2, 0) is 0 Å². The Morgan fingerprint density at radius 2 is 2.12 bits per heavy atom. The molecule has 0 fully saturated rings. The van der Waals surface area contributed by atoms with Gasteiger partial charge in [0, 0.05) is 24.5 Å². The zero-order valence-corrected chi connectivity index (χ0v) is 13.5. The smallest absolute Gasteiger partial charge is 0.182 e. The van der Waals surface area contributed by atoms with Crippen molar-refractivity contribution in [2.24, 2.45) is 0 Å². The first-order valence-corrected chi connectivity index (χ1v) is 7.47. The number of pyridine rings is 1. The van der Waals surface area contributed by atoms with Gasteiger partial charge in [-0.3, -0.25) is 9.50 Å². The Hall–Kier alpha value is -3.49. The molecule has 4 heterocycles. The lowest BCUT2D eigenvalue weighted by atomic mass is 10.3. The van der Waals surface area contributed by atoms with Crippen LogP contribution in [-0.4, -0.2) is 36.7 Å². The van der Waals surface area contributed by atoms with E-state index < -0.39 is 5.82 Å². The number of nitrogens with zero attached hydrogens (tertiary/aromatic N) is 5. The minimum atomic E-state index is -0.443. The second-order valence-corrected chi connectivity index (χ2v) is 5.31. The molecule has 4 aromatic heterocycles. The van der Waals surface area contributed by atoms with Crippen LogP contribution < -0.4 is 10.1 Å². The molecule has 4 rings (SSSR count). The Labute approximate surface area is 141 Å². The zero-order valence-electron chi connectivity index (χ0n) is 13.5. The molecule has 0 aliphatic heterocycles. The van der Waals surface area contributed by atoms with Crippen molar-refractivity contribution >= 4 is 17.3 Å². The average molecular weight is 339 g/mol. The van der Waals surface area contributed by atoms with Gasteiger partial charge in [0.05, 0.1) is 19.0 Å². The van der Waals surface area contributed by atoms with E-state index >= 15 is 0 Å². The van der Waals surface area contributed by atoms with Crippen molar-refractivity contribution in [3.63, 3.8) is 0 Å². The van der Waals surface area contributed by atoms with Crippen molar-refractivity contribution in [2.45, 2.75) is 6.92 Å². The summed E-state index contributed by atoms with van der Waals surface area (Å²) in [5.41, 5.74) is 1.67. The molecule has 0 aliphatic rings. The van der Waals surface area contributed by atoms with Gasteiger partial charge in [-0.1, -0.05) is 0 Å². The standard InChI is InChI=1S/C16H14FN7O/c1-9-18-5-3-11(20-9)14-15(21-13-4-6-19-23-13)22-16-12(25-2)7-10(17)8-24(14)16/h3-8H,1-2H3,(H2,19,21,23). The first-order valence-electron chi connectivity index (χ1n) is 7.47. The monoisotopic (exact) mass is 339 g/mol. The van der Waals surface area contributed by atoms with Gasteiger partial charge in [0.15, 0.2) is 17.2 Å². The van der Waals surface area contributed by atoms with Gasteiger partial charge in [0.2, 0.25) is 0 Å². The number of anilines is 2. The largest absolute Gasteiger partial charge is 0.493 e. The van der Waals surface area contributed by atoms with Gasteiger partial charge in [0.25, 0.3) is 0 Å². The van der Waals surface area contributed by atoms with Gasteiger partial charge in [-0.2, -0.15) is 5.10 Å². The highest BCUT2D eigenvalue weighted by molar-refractivity contribution is 5.79. The van der Waals surface area contributed by atoms with Gasteiger partial charge < -0.3 is 10.1 Å². The number of aromatic nitrogens is 6. The molecular weight excluding hydrogens is 325 g/mol. The Morgan fingerprint density at radius 3 is 2.84 bits per heavy atom. The van der Waals surface area contributed by atoms with E-state index in [1.165, 1.54) is 19.4 Å². The third-order valence-electron chi connectivity index (χ3n) is 3.65. The molecule has 0 bridgehead atoms. The lowest BCUT2D eigenvalue weighted by Crippen LogP contribution is -1.99. The fourth-order valence-electron chi connectivity index (χ4n) is 2.61. The number of methoxy groups -OCH3 is 1. The molecule has 0 saturated carbocycles. The Morgan fingerprint density at radius 1 is 1.24 bits per heavy atom. The Balaban J connectivity index is 2.00. The predicted octanol–water partition coefficient (Wildman–Crippen LogP) is 2.71. The molecule has 0 atom stereocenters. The minimum Gasteiger partial charge on any atom is -0.493 e. The Bertz CT molecular complexity index is 1040. The summed E-state index contributed by atoms with van der Waals surface area (Å²) < 4.78 is 20.9. The molecule has 0 radical (unpaired) electrons. The molecule has 4 aromatic rings. The van der Waals surface area contributed by atoms with E-state index in [0.29, 0.717) is 40.2 Å². The summed E-state index contributed by atoms with van der Waals surface area (Å²) in [6, 6.07) is 4.79. The molecule has 0 aliphatic carbocycles. The van der Waals surface area contributed by atoms with E-state index in [2.05, 4.69) is 30.5 Å². The second kappa shape index (κ2) is 5.86. The molecule has 8 nitrogen and oxygen atoms in total. The minimum absolute atomic E-state index is 0.324. The van der Waals surface area contributed by atoms with E-state index in [1.807, 2.05) is 0 Å². The first kappa shape index (κ1) is 15.1. The van der Waals surface area contributed by atoms with Gasteiger partial charge in [-0.25, -0.2) is 19.3 Å². The number of halogens is 1. The molecule has 0 amide bonds.